The van der Waals surface area contributed by atoms with E-state index in [1.54, 1.807) is 24.3 Å². The van der Waals surface area contributed by atoms with Gasteiger partial charge in [0.15, 0.2) is 0 Å². The van der Waals surface area contributed by atoms with Gasteiger partial charge in [-0.05, 0) is 30.9 Å². The zero-order valence-corrected chi connectivity index (χ0v) is 9.43. The fraction of sp³-hybridized carbons (Fsp3) is 0.385. The zero-order valence-electron chi connectivity index (χ0n) is 9.43. The van der Waals surface area contributed by atoms with Crippen molar-refractivity contribution in [2.45, 2.75) is 18.9 Å². The van der Waals surface area contributed by atoms with Crippen LogP contribution >= 0.6 is 0 Å². The first-order valence-electron chi connectivity index (χ1n) is 5.89. The average molecular weight is 230 g/mol. The number of nitrogens with zero attached hydrogens (tertiary/aromatic N) is 1. The summed E-state index contributed by atoms with van der Waals surface area (Å²) in [7, 11) is 0. The Labute approximate surface area is 99.4 Å². The van der Waals surface area contributed by atoms with E-state index in [0.717, 1.165) is 12.8 Å². The number of hydrogen-bond acceptors (Lipinski definition) is 3. The van der Waals surface area contributed by atoms with E-state index in [-0.39, 0.29) is 17.9 Å². The predicted molar refractivity (Wildman–Crippen MR) is 62.5 cm³/mol. The van der Waals surface area contributed by atoms with Gasteiger partial charge in [0.2, 0.25) is 0 Å². The van der Waals surface area contributed by atoms with Crippen molar-refractivity contribution < 1.29 is 9.59 Å². The summed E-state index contributed by atoms with van der Waals surface area (Å²) in [6, 6.07) is 6.86. The van der Waals surface area contributed by atoms with Gasteiger partial charge in [0, 0.05) is 12.6 Å². The first-order chi connectivity index (χ1) is 8.18. The Hall–Kier alpha value is -1.68. The van der Waals surface area contributed by atoms with Crippen molar-refractivity contribution in [1.82, 2.24) is 4.90 Å². The molecule has 1 saturated carbocycles. The number of carbonyl (C=O) groups is 2. The molecule has 1 aliphatic carbocycles. The summed E-state index contributed by atoms with van der Waals surface area (Å²) >= 11 is 0. The molecular formula is C13H14N2O2. The predicted octanol–water partition coefficient (Wildman–Crippen LogP) is 1.02. The van der Waals surface area contributed by atoms with Crippen molar-refractivity contribution in [1.29, 1.82) is 0 Å². The van der Waals surface area contributed by atoms with Gasteiger partial charge in [-0.1, -0.05) is 12.1 Å². The van der Waals surface area contributed by atoms with Crippen molar-refractivity contribution in [3.05, 3.63) is 35.4 Å². The molecule has 0 saturated heterocycles. The van der Waals surface area contributed by atoms with Crippen molar-refractivity contribution in [3.63, 3.8) is 0 Å². The Bertz CT molecular complexity index is 459. The second-order valence-corrected chi connectivity index (χ2v) is 4.77. The summed E-state index contributed by atoms with van der Waals surface area (Å²) in [4.78, 5) is 25.4. The number of nitrogens with two attached hydrogens (primary N) is 1. The molecule has 4 nitrogen and oxygen atoms in total. The van der Waals surface area contributed by atoms with Gasteiger partial charge in [0.1, 0.15) is 0 Å². The van der Waals surface area contributed by atoms with E-state index in [9.17, 15) is 9.59 Å². The number of fused-ring (bicyclic) bond motifs is 1. The van der Waals surface area contributed by atoms with Gasteiger partial charge in [-0.2, -0.15) is 0 Å². The molecule has 1 heterocycles. The number of benzene rings is 1. The zero-order chi connectivity index (χ0) is 12.0. The SMILES string of the molecule is NC(CN1C(=O)c2ccccc2C1=O)C1CC1. The normalized spacial score (nSPS) is 20.6. The molecule has 0 aromatic heterocycles. The molecule has 88 valence electrons. The Morgan fingerprint density at radius 3 is 2.18 bits per heavy atom. The highest BCUT2D eigenvalue weighted by molar-refractivity contribution is 6.21. The van der Waals surface area contributed by atoms with E-state index in [1.165, 1.54) is 4.90 Å². The number of hydrogen-bond donors (Lipinski definition) is 1. The standard InChI is InChI=1S/C13H14N2O2/c14-11(8-5-6-8)7-15-12(16)9-3-1-2-4-10(9)13(15)17/h1-4,8,11H,5-7,14H2. The molecular weight excluding hydrogens is 216 g/mol. The fourth-order valence-electron chi connectivity index (χ4n) is 2.29. The molecule has 3 rings (SSSR count). The van der Waals surface area contributed by atoms with Gasteiger partial charge in [-0.3, -0.25) is 14.5 Å². The van der Waals surface area contributed by atoms with Crippen LogP contribution in [0.3, 0.4) is 0 Å². The lowest BCUT2D eigenvalue weighted by Gasteiger charge is -2.18. The van der Waals surface area contributed by atoms with Crippen LogP contribution in [0.5, 0.6) is 0 Å². The van der Waals surface area contributed by atoms with Crippen LogP contribution < -0.4 is 5.73 Å². The molecule has 2 amide bonds. The third-order valence-electron chi connectivity index (χ3n) is 3.50. The minimum absolute atomic E-state index is 0.0720. The highest BCUT2D eigenvalue weighted by Gasteiger charge is 2.38. The molecule has 1 aromatic carbocycles. The molecule has 1 unspecified atom stereocenters. The second-order valence-electron chi connectivity index (χ2n) is 4.77. The largest absolute Gasteiger partial charge is 0.326 e. The third kappa shape index (κ3) is 1.65. The fourth-order valence-corrected chi connectivity index (χ4v) is 2.29. The van der Waals surface area contributed by atoms with E-state index in [1.807, 2.05) is 0 Å². The lowest BCUT2D eigenvalue weighted by atomic mass is 10.1. The van der Waals surface area contributed by atoms with Crippen molar-refractivity contribution >= 4 is 11.8 Å². The molecule has 0 spiro atoms. The van der Waals surface area contributed by atoms with Crippen molar-refractivity contribution in [2.24, 2.45) is 11.7 Å². The summed E-state index contributed by atoms with van der Waals surface area (Å²) in [5.74, 6) is 0.0720. The van der Waals surface area contributed by atoms with Gasteiger partial charge in [-0.25, -0.2) is 0 Å². The van der Waals surface area contributed by atoms with Crippen LogP contribution in [-0.2, 0) is 0 Å². The van der Waals surface area contributed by atoms with Crippen LogP contribution in [0.1, 0.15) is 33.6 Å². The Balaban J connectivity index is 1.84. The molecule has 0 radical (unpaired) electrons. The van der Waals surface area contributed by atoms with Crippen LogP contribution in [0.25, 0.3) is 0 Å². The van der Waals surface area contributed by atoms with E-state index in [0.29, 0.717) is 23.6 Å². The highest BCUT2D eigenvalue weighted by atomic mass is 16.2. The lowest BCUT2D eigenvalue weighted by molar-refractivity contribution is 0.0641. The average Bonchev–Trinajstić information content (AvgIpc) is 3.15. The van der Waals surface area contributed by atoms with E-state index in [4.69, 9.17) is 5.73 Å². The maximum Gasteiger partial charge on any atom is 0.261 e. The minimum Gasteiger partial charge on any atom is -0.326 e. The first-order valence-corrected chi connectivity index (χ1v) is 5.89. The summed E-state index contributed by atoms with van der Waals surface area (Å²) in [6.45, 7) is 0.344. The second kappa shape index (κ2) is 3.67. The quantitative estimate of drug-likeness (QED) is 0.788. The Morgan fingerprint density at radius 2 is 1.71 bits per heavy atom. The molecule has 1 atom stereocenters. The maximum atomic E-state index is 12.0. The molecule has 0 bridgehead atoms. The van der Waals surface area contributed by atoms with Crippen molar-refractivity contribution in [3.8, 4) is 0 Å². The molecule has 1 fully saturated rings. The molecule has 2 aliphatic rings. The number of rotatable bonds is 3. The van der Waals surface area contributed by atoms with E-state index >= 15 is 0 Å². The third-order valence-corrected chi connectivity index (χ3v) is 3.50. The van der Waals surface area contributed by atoms with Crippen LogP contribution in [-0.4, -0.2) is 29.3 Å². The maximum absolute atomic E-state index is 12.0. The minimum atomic E-state index is -0.207. The lowest BCUT2D eigenvalue weighted by Crippen LogP contribution is -2.41. The number of imide groups is 1. The smallest absolute Gasteiger partial charge is 0.261 e. The monoisotopic (exact) mass is 230 g/mol. The van der Waals surface area contributed by atoms with Gasteiger partial charge in [0.05, 0.1) is 11.1 Å². The van der Waals surface area contributed by atoms with Gasteiger partial charge < -0.3 is 5.73 Å². The summed E-state index contributed by atoms with van der Waals surface area (Å²) in [5, 5.41) is 0. The summed E-state index contributed by atoms with van der Waals surface area (Å²) < 4.78 is 0. The van der Waals surface area contributed by atoms with Crippen molar-refractivity contribution in [2.75, 3.05) is 6.54 Å². The number of amides is 2. The number of carbonyl (C=O) groups excluding carboxylic acids is 2. The topological polar surface area (TPSA) is 63.4 Å². The van der Waals surface area contributed by atoms with E-state index < -0.39 is 0 Å². The van der Waals surface area contributed by atoms with Crippen LogP contribution in [0.4, 0.5) is 0 Å². The molecule has 2 N–H and O–H groups in total. The Morgan fingerprint density at radius 1 is 1.18 bits per heavy atom. The van der Waals surface area contributed by atoms with E-state index in [2.05, 4.69) is 0 Å². The van der Waals surface area contributed by atoms with Crippen LogP contribution in [0, 0.1) is 5.92 Å². The van der Waals surface area contributed by atoms with Crippen LogP contribution in [0.15, 0.2) is 24.3 Å². The molecule has 4 heteroatoms. The summed E-state index contributed by atoms with van der Waals surface area (Å²) in [6.07, 6.45) is 2.23. The highest BCUT2D eigenvalue weighted by Crippen LogP contribution is 2.33. The van der Waals surface area contributed by atoms with Crippen LogP contribution in [0.2, 0.25) is 0 Å². The first kappa shape index (κ1) is 10.5. The summed E-state index contributed by atoms with van der Waals surface area (Å²) in [5.41, 5.74) is 6.97. The van der Waals surface area contributed by atoms with Gasteiger partial charge in [-0.15, -0.1) is 0 Å². The molecule has 1 aromatic rings. The Kier molecular flexibility index (Phi) is 2.26. The molecule has 1 aliphatic heterocycles. The van der Waals surface area contributed by atoms with Gasteiger partial charge in [0.25, 0.3) is 11.8 Å². The van der Waals surface area contributed by atoms with Gasteiger partial charge >= 0.3 is 0 Å². The molecule has 17 heavy (non-hydrogen) atoms.